The van der Waals surface area contributed by atoms with Crippen molar-refractivity contribution >= 4 is 13.0 Å². The molecule has 1 aliphatic heterocycles. The van der Waals surface area contributed by atoms with Gasteiger partial charge in [0.05, 0.1) is 48.4 Å². The van der Waals surface area contributed by atoms with E-state index in [1.54, 1.807) is 6.20 Å². The van der Waals surface area contributed by atoms with Gasteiger partial charge in [0.2, 0.25) is 5.91 Å². The van der Waals surface area contributed by atoms with Gasteiger partial charge in [-0.05, 0) is 85.3 Å². The number of ether oxygens (including phenoxy) is 1. The molecular weight excluding hydrogens is 537 g/mol. The Morgan fingerprint density at radius 3 is 2.60 bits per heavy atom. The Morgan fingerprint density at radius 2 is 1.86 bits per heavy atom. The molecule has 43 heavy (non-hydrogen) atoms. The van der Waals surface area contributed by atoms with E-state index in [4.69, 9.17) is 14.0 Å². The van der Waals surface area contributed by atoms with Crippen LogP contribution in [0, 0.1) is 28.6 Å². The molecule has 0 spiro atoms. The number of carbonyl (C=O) groups is 1. The van der Waals surface area contributed by atoms with Crippen LogP contribution in [0.2, 0.25) is 0 Å². The molecule has 1 unspecified atom stereocenters. The van der Waals surface area contributed by atoms with Crippen molar-refractivity contribution in [2.75, 3.05) is 6.61 Å². The zero-order chi connectivity index (χ0) is 30.0. The Kier molecular flexibility index (Phi) is 8.31. The molecule has 1 amide bonds. The summed E-state index contributed by atoms with van der Waals surface area (Å²) in [6.45, 7) is 7.15. The van der Waals surface area contributed by atoms with Crippen LogP contribution in [0.15, 0.2) is 79.0 Å². The van der Waals surface area contributed by atoms with Gasteiger partial charge in [-0.25, -0.2) is 0 Å². The quantitative estimate of drug-likeness (QED) is 0.294. The highest BCUT2D eigenvalue weighted by molar-refractivity contribution is 6.48. The number of nitriles is 1. The normalized spacial score (nSPS) is 26.4. The summed E-state index contributed by atoms with van der Waals surface area (Å²) in [6, 6.07) is 25.8. The van der Waals surface area contributed by atoms with Gasteiger partial charge in [0.25, 0.3) is 0 Å². The molecule has 2 aromatic carbocycles. The maximum atomic E-state index is 13.2. The first-order valence-corrected chi connectivity index (χ1v) is 15.4. The smallest absolute Gasteiger partial charge is 0.482 e. The minimum atomic E-state index is -0.501. The topological polar surface area (TPSA) is 93.5 Å². The maximum absolute atomic E-state index is 13.2. The fraction of sp³-hybridized carbons (Fsp3) is 0.457. The van der Waals surface area contributed by atoms with Crippen molar-refractivity contribution in [1.82, 2.24) is 10.3 Å². The number of nitrogens with one attached hydrogen (secondary N) is 1. The van der Waals surface area contributed by atoms with E-state index in [0.29, 0.717) is 30.4 Å². The Hall–Kier alpha value is -3.67. The lowest BCUT2D eigenvalue weighted by Gasteiger charge is -2.64. The molecule has 1 aromatic heterocycles. The molecule has 1 N–H and O–H groups in total. The number of amides is 1. The van der Waals surface area contributed by atoms with E-state index in [2.05, 4.69) is 49.3 Å². The second-order valence-corrected chi connectivity index (χ2v) is 13.1. The van der Waals surface area contributed by atoms with E-state index in [1.807, 2.05) is 60.7 Å². The SMILES string of the molecule is CC1(C)[C@@H]2C[C@H]3OB([C@H](Cc4ccccc4)NC(=O)CCOc4cccc(CC(C#N)c5ccccn5)c4)O[C@@]3(C)[C@H]1C2. The van der Waals surface area contributed by atoms with Crippen molar-refractivity contribution in [3.63, 3.8) is 0 Å². The summed E-state index contributed by atoms with van der Waals surface area (Å²) in [6.07, 6.45) is 5.31. The fourth-order valence-corrected chi connectivity index (χ4v) is 7.49. The lowest BCUT2D eigenvalue weighted by atomic mass is 9.43. The lowest BCUT2D eigenvalue weighted by molar-refractivity contribution is -0.199. The van der Waals surface area contributed by atoms with E-state index in [1.165, 1.54) is 6.42 Å². The summed E-state index contributed by atoms with van der Waals surface area (Å²) >= 11 is 0. The van der Waals surface area contributed by atoms with Crippen molar-refractivity contribution in [3.8, 4) is 11.8 Å². The predicted octanol–water partition coefficient (Wildman–Crippen LogP) is 5.70. The Morgan fingerprint density at radius 1 is 1.07 bits per heavy atom. The number of benzene rings is 2. The van der Waals surface area contributed by atoms with Crippen LogP contribution in [0.3, 0.4) is 0 Å². The van der Waals surface area contributed by atoms with Crippen molar-refractivity contribution in [3.05, 3.63) is 95.8 Å². The predicted molar refractivity (Wildman–Crippen MR) is 165 cm³/mol. The molecule has 0 radical (unpaired) electrons. The number of rotatable bonds is 11. The average molecular weight is 578 g/mol. The number of hydrogen-bond acceptors (Lipinski definition) is 6. The zero-order valence-electron chi connectivity index (χ0n) is 25.2. The zero-order valence-corrected chi connectivity index (χ0v) is 25.2. The van der Waals surface area contributed by atoms with Crippen molar-refractivity contribution < 1.29 is 18.8 Å². The summed E-state index contributed by atoms with van der Waals surface area (Å²) in [7, 11) is -0.501. The van der Waals surface area contributed by atoms with Crippen LogP contribution >= 0.6 is 0 Å². The monoisotopic (exact) mass is 577 g/mol. The van der Waals surface area contributed by atoms with E-state index in [9.17, 15) is 10.1 Å². The van der Waals surface area contributed by atoms with Gasteiger partial charge in [0, 0.05) is 6.20 Å². The Balaban J connectivity index is 1.07. The Bertz CT molecular complexity index is 1460. The van der Waals surface area contributed by atoms with Crippen LogP contribution in [0.5, 0.6) is 5.75 Å². The summed E-state index contributed by atoms with van der Waals surface area (Å²) in [4.78, 5) is 17.6. The molecule has 1 saturated heterocycles. The average Bonchev–Trinajstić information content (AvgIpc) is 3.38. The van der Waals surface area contributed by atoms with Gasteiger partial charge < -0.3 is 19.4 Å². The third-order valence-corrected chi connectivity index (χ3v) is 10.1. The number of pyridine rings is 1. The highest BCUT2D eigenvalue weighted by Crippen LogP contribution is 2.65. The second-order valence-electron chi connectivity index (χ2n) is 13.1. The van der Waals surface area contributed by atoms with E-state index >= 15 is 0 Å². The molecule has 6 atom stereocenters. The number of aromatic nitrogens is 1. The number of carbonyl (C=O) groups excluding carboxylic acids is 1. The lowest BCUT2D eigenvalue weighted by Crippen LogP contribution is -2.65. The highest BCUT2D eigenvalue weighted by atomic mass is 16.7. The highest BCUT2D eigenvalue weighted by Gasteiger charge is 2.68. The summed E-state index contributed by atoms with van der Waals surface area (Å²) in [5, 5.41) is 12.9. The van der Waals surface area contributed by atoms with Gasteiger partial charge in [-0.2, -0.15) is 5.26 Å². The minimum Gasteiger partial charge on any atom is -0.493 e. The summed E-state index contributed by atoms with van der Waals surface area (Å²) in [5.74, 6) is 1.04. The van der Waals surface area contributed by atoms with Gasteiger partial charge in [0.1, 0.15) is 5.75 Å². The third-order valence-electron chi connectivity index (χ3n) is 10.1. The largest absolute Gasteiger partial charge is 0.493 e. The molecule has 3 aliphatic carbocycles. The van der Waals surface area contributed by atoms with Crippen molar-refractivity contribution in [2.24, 2.45) is 17.3 Å². The molecule has 3 saturated carbocycles. The second kappa shape index (κ2) is 12.1. The molecule has 222 valence electrons. The first kappa shape index (κ1) is 29.4. The summed E-state index contributed by atoms with van der Waals surface area (Å²) in [5.41, 5.74) is 2.78. The first-order valence-electron chi connectivity index (χ1n) is 15.4. The molecule has 4 aliphatic rings. The van der Waals surface area contributed by atoms with Gasteiger partial charge in [-0.1, -0.05) is 62.4 Å². The van der Waals surface area contributed by atoms with Crippen LogP contribution in [0.4, 0.5) is 0 Å². The molecule has 8 heteroatoms. The van der Waals surface area contributed by atoms with Crippen LogP contribution in [-0.4, -0.2) is 42.3 Å². The number of nitrogens with zero attached hydrogens (tertiary/aromatic N) is 2. The Labute approximate surface area is 255 Å². The molecule has 2 bridgehead atoms. The molecule has 2 heterocycles. The van der Waals surface area contributed by atoms with Crippen LogP contribution in [0.1, 0.15) is 62.8 Å². The van der Waals surface area contributed by atoms with Crippen LogP contribution < -0.4 is 10.1 Å². The van der Waals surface area contributed by atoms with Gasteiger partial charge in [-0.3, -0.25) is 9.78 Å². The van der Waals surface area contributed by atoms with E-state index in [-0.39, 0.29) is 47.9 Å². The summed E-state index contributed by atoms with van der Waals surface area (Å²) < 4.78 is 19.3. The first-order chi connectivity index (χ1) is 20.8. The fourth-order valence-electron chi connectivity index (χ4n) is 7.49. The van der Waals surface area contributed by atoms with Crippen molar-refractivity contribution in [2.45, 2.75) is 76.4 Å². The van der Waals surface area contributed by atoms with Crippen LogP contribution in [-0.2, 0) is 26.9 Å². The van der Waals surface area contributed by atoms with E-state index < -0.39 is 7.12 Å². The molecule has 3 aromatic rings. The standard InChI is InChI=1S/C35H40BN3O4/c1-34(2)27-21-30(34)35(3)31(22-27)42-36(43-35)32(20-24-10-5-4-6-11-24)39-33(40)15-17-41-28-13-9-12-25(19-28)18-26(23-37)29-14-7-8-16-38-29/h4-14,16,19,26-27,30-32H,15,17-18,20-22H2,1-3H3,(H,39,40)/t26?,27-,30-,31+,32-,35-/m0/s1. The third kappa shape index (κ3) is 6.07. The van der Waals surface area contributed by atoms with Crippen molar-refractivity contribution in [1.29, 1.82) is 5.26 Å². The van der Waals surface area contributed by atoms with Gasteiger partial charge in [0.15, 0.2) is 0 Å². The van der Waals surface area contributed by atoms with Gasteiger partial charge >= 0.3 is 7.12 Å². The molecular formula is C35H40BN3O4. The van der Waals surface area contributed by atoms with Gasteiger partial charge in [-0.15, -0.1) is 0 Å². The molecule has 4 fully saturated rings. The van der Waals surface area contributed by atoms with Crippen LogP contribution in [0.25, 0.3) is 0 Å². The molecule has 7 rings (SSSR count). The minimum absolute atomic E-state index is 0.0540. The molecule has 7 nitrogen and oxygen atoms in total. The maximum Gasteiger partial charge on any atom is 0.482 e. The van der Waals surface area contributed by atoms with E-state index in [0.717, 1.165) is 23.2 Å². The number of hydrogen-bond donors (Lipinski definition) is 1.